The van der Waals surface area contributed by atoms with E-state index in [0.29, 0.717) is 12.8 Å². The van der Waals surface area contributed by atoms with Crippen molar-refractivity contribution < 1.29 is 83.3 Å². The minimum atomic E-state index is -2.50. The lowest BCUT2D eigenvalue weighted by Crippen LogP contribution is -2.72. The number of hydrogen-bond donors (Lipinski definition) is 7. The highest BCUT2D eigenvalue weighted by atomic mass is 32.2. The highest BCUT2D eigenvalue weighted by Crippen LogP contribution is 2.58. The number of carbonyl (C=O) groups is 3. The Kier molecular flexibility index (Phi) is 12.6. The minimum absolute atomic E-state index is 0.0274. The molecule has 0 bridgehead atoms. The number of aliphatic hydroxyl groups is 6. The maximum absolute atomic E-state index is 14.9. The molecule has 4 aliphatic heterocycles. The number of thioether (sulfide) groups is 1. The summed E-state index contributed by atoms with van der Waals surface area (Å²) in [6, 6.07) is 2.79. The van der Waals surface area contributed by atoms with E-state index in [9.17, 15) is 50.1 Å². The Bertz CT molecular complexity index is 2010. The van der Waals surface area contributed by atoms with Crippen LogP contribution in [0.25, 0.3) is 0 Å². The van der Waals surface area contributed by atoms with Crippen molar-refractivity contribution in [1.29, 1.82) is 0 Å². The summed E-state index contributed by atoms with van der Waals surface area (Å²) in [5, 5.41) is 77.8. The fourth-order valence-electron chi connectivity index (χ4n) is 10.3. The Hall–Kier alpha value is -2.66. The van der Waals surface area contributed by atoms with Crippen LogP contribution in [0.2, 0.25) is 0 Å². The second-order valence-electron chi connectivity index (χ2n) is 18.3. The second-order valence-corrected chi connectivity index (χ2v) is 19.1. The summed E-state index contributed by atoms with van der Waals surface area (Å²) in [4.78, 5) is 44.3. The van der Waals surface area contributed by atoms with E-state index in [1.54, 1.807) is 27.0 Å². The molecule has 1 aromatic rings. The van der Waals surface area contributed by atoms with Gasteiger partial charge in [0, 0.05) is 60.1 Å². The summed E-state index contributed by atoms with van der Waals surface area (Å²) in [7, 11) is 0. The van der Waals surface area contributed by atoms with Crippen LogP contribution < -0.4 is 0 Å². The highest BCUT2D eigenvalue weighted by molar-refractivity contribution is 8.02. The molecular formula is C44H58O17S. The van der Waals surface area contributed by atoms with E-state index in [-0.39, 0.29) is 52.9 Å². The number of allylic oxidation sites excluding steroid dienone is 2. The molecule has 17 nitrogen and oxygen atoms in total. The number of ether oxygens (including phenoxy) is 7. The summed E-state index contributed by atoms with van der Waals surface area (Å²) in [5.41, 5.74) is -7.62. The van der Waals surface area contributed by atoms with Gasteiger partial charge in [0.05, 0.1) is 71.7 Å². The van der Waals surface area contributed by atoms with Crippen LogP contribution in [0.1, 0.15) is 118 Å². The lowest BCUT2D eigenvalue weighted by Gasteiger charge is -2.56. The number of hydrogen-bond acceptors (Lipinski definition) is 18. The molecule has 3 aliphatic carbocycles. The van der Waals surface area contributed by atoms with E-state index in [4.69, 9.17) is 33.2 Å². The van der Waals surface area contributed by atoms with Gasteiger partial charge >= 0.3 is 0 Å². The Labute approximate surface area is 363 Å². The molecule has 62 heavy (non-hydrogen) atoms. The Morgan fingerprint density at radius 2 is 1.40 bits per heavy atom. The van der Waals surface area contributed by atoms with E-state index < -0.39 is 144 Å². The molecule has 17 atom stereocenters. The summed E-state index contributed by atoms with van der Waals surface area (Å²) in [5.74, 6) is -3.02. The molecule has 0 amide bonds. The smallest absolute Gasteiger partial charge is 0.198 e. The standard InChI is InChI=1S/C44H58O17S/c1-18-25(45)9-11-33(56-18)61-44-30(47)16-42(5,53)17-43(44,54)31(62-6)13-24-36(44)41(52)23-8-7-22(39(50)35(23)40(24)51)28-15-29(38(49)21(4)55-28)60-32-12-10-27(19(2)57-32)59-34-14-26(46)37(48)20(3)58-34/h7-8,13,18-21,25-29,32-34,37-38,45-46,48-50,53-54H,9-12,14-17H2,1-6H3/t18-,19-,20+,21+,25-,26+,27-,28+,29+,32-,33-,34-,37+,38+,42-,43+,44-/m0/s1. The maximum atomic E-state index is 14.9. The third-order valence-electron chi connectivity index (χ3n) is 13.7. The van der Waals surface area contributed by atoms with E-state index in [1.807, 2.05) is 6.92 Å². The molecule has 0 unspecified atom stereocenters. The molecule has 7 N–H and O–H groups in total. The summed E-state index contributed by atoms with van der Waals surface area (Å²) in [6.07, 6.45) is -7.94. The number of phenolic OH excluding ortho intramolecular Hbond substituents is 1. The molecule has 0 radical (unpaired) electrons. The van der Waals surface area contributed by atoms with Crippen molar-refractivity contribution in [3.8, 4) is 5.75 Å². The van der Waals surface area contributed by atoms with E-state index in [1.165, 1.54) is 25.1 Å². The summed E-state index contributed by atoms with van der Waals surface area (Å²) < 4.78 is 43.0. The van der Waals surface area contributed by atoms with Gasteiger partial charge in [-0.1, -0.05) is 6.07 Å². The topological polar surface area (TPSA) is 257 Å². The number of ketones is 3. The Morgan fingerprint density at radius 1 is 0.742 bits per heavy atom. The molecular weight excluding hydrogens is 833 g/mol. The van der Waals surface area contributed by atoms with Crippen LogP contribution in [-0.2, 0) is 38.0 Å². The first-order valence-corrected chi connectivity index (χ1v) is 22.7. The second kappa shape index (κ2) is 17.0. The highest BCUT2D eigenvalue weighted by Gasteiger charge is 2.71. The van der Waals surface area contributed by atoms with Gasteiger partial charge in [0.2, 0.25) is 0 Å². The Morgan fingerprint density at radius 3 is 2.08 bits per heavy atom. The van der Waals surface area contributed by atoms with Gasteiger partial charge in [0.15, 0.2) is 41.8 Å². The zero-order valence-corrected chi connectivity index (χ0v) is 36.4. The van der Waals surface area contributed by atoms with Crippen molar-refractivity contribution in [2.24, 2.45) is 0 Å². The fourth-order valence-corrected chi connectivity index (χ4v) is 11.1. The van der Waals surface area contributed by atoms with E-state index in [2.05, 4.69) is 0 Å². The number of carbonyl (C=O) groups excluding carboxylic acids is 3. The van der Waals surface area contributed by atoms with Gasteiger partial charge < -0.3 is 68.9 Å². The minimum Gasteiger partial charge on any atom is -0.507 e. The number of benzene rings is 1. The third kappa shape index (κ3) is 7.74. The van der Waals surface area contributed by atoms with Gasteiger partial charge in [-0.3, -0.25) is 14.4 Å². The maximum Gasteiger partial charge on any atom is 0.198 e. The number of rotatable bonds is 8. The van der Waals surface area contributed by atoms with Crippen LogP contribution in [0.3, 0.4) is 0 Å². The average molecular weight is 891 g/mol. The van der Waals surface area contributed by atoms with Crippen LogP contribution in [0.15, 0.2) is 34.3 Å². The molecule has 4 saturated heterocycles. The fraction of sp³-hybridized carbons (Fsp3) is 0.705. The molecule has 8 rings (SSSR count). The van der Waals surface area contributed by atoms with Gasteiger partial charge in [-0.2, -0.15) is 0 Å². The zero-order chi connectivity index (χ0) is 44.8. The molecule has 0 spiro atoms. The predicted octanol–water partition coefficient (Wildman–Crippen LogP) is 2.18. The van der Waals surface area contributed by atoms with Gasteiger partial charge in [0.25, 0.3) is 0 Å². The molecule has 1 aromatic carbocycles. The number of aliphatic hydroxyl groups excluding tert-OH is 4. The van der Waals surface area contributed by atoms with Crippen LogP contribution in [0.5, 0.6) is 5.75 Å². The van der Waals surface area contributed by atoms with Crippen molar-refractivity contribution in [2.75, 3.05) is 6.26 Å². The molecule has 342 valence electrons. The SMILES string of the molecule is CSC1=CC2=C(C(=O)c3ccc([C@H]4C[C@@H](O[C@H]5CC[C@H](O[C@H]6C[C@@H](O)[C@H](O)[C@@H](C)O6)[C@H](C)O5)[C@H](O)[C@@H](C)O4)c(O)c3C2=O)[C@@]2(O[C@H]3CC[C@H](O)[C@H](C)O3)C(=O)C[C@](C)(O)C[C@@]12O. The first-order chi connectivity index (χ1) is 29.2. The Balaban J connectivity index is 1.06. The predicted molar refractivity (Wildman–Crippen MR) is 217 cm³/mol. The zero-order valence-electron chi connectivity index (χ0n) is 35.6. The monoisotopic (exact) mass is 890 g/mol. The number of Topliss-reactive ketones (excluding diaryl/α,β-unsaturated/α-hetero) is 3. The lowest BCUT2D eigenvalue weighted by atomic mass is 9.57. The van der Waals surface area contributed by atoms with E-state index >= 15 is 0 Å². The number of phenols is 1. The normalized spacial score (nSPS) is 45.0. The number of aromatic hydroxyl groups is 1. The van der Waals surface area contributed by atoms with Crippen LogP contribution >= 0.6 is 11.8 Å². The van der Waals surface area contributed by atoms with Crippen molar-refractivity contribution in [2.45, 2.75) is 189 Å². The van der Waals surface area contributed by atoms with Crippen molar-refractivity contribution >= 4 is 29.1 Å². The van der Waals surface area contributed by atoms with Gasteiger partial charge in [-0.15, -0.1) is 11.8 Å². The van der Waals surface area contributed by atoms with Gasteiger partial charge in [-0.25, -0.2) is 0 Å². The van der Waals surface area contributed by atoms with Gasteiger partial charge in [-0.05, 0) is 65.9 Å². The van der Waals surface area contributed by atoms with Crippen LogP contribution in [0, 0.1) is 0 Å². The largest absolute Gasteiger partial charge is 0.507 e. The van der Waals surface area contributed by atoms with Gasteiger partial charge in [0.1, 0.15) is 23.6 Å². The van der Waals surface area contributed by atoms with Crippen LogP contribution in [0.4, 0.5) is 0 Å². The molecule has 5 fully saturated rings. The first-order valence-electron chi connectivity index (χ1n) is 21.5. The number of fused-ring (bicyclic) bond motifs is 3. The first kappa shape index (κ1) is 45.9. The average Bonchev–Trinajstić information content (AvgIpc) is 3.19. The van der Waals surface area contributed by atoms with E-state index in [0.717, 1.165) is 11.8 Å². The summed E-state index contributed by atoms with van der Waals surface area (Å²) in [6.45, 7) is 8.15. The van der Waals surface area contributed by atoms with Crippen molar-refractivity contribution in [3.63, 3.8) is 0 Å². The lowest BCUT2D eigenvalue weighted by molar-refractivity contribution is -0.306. The molecule has 0 aromatic heterocycles. The van der Waals surface area contributed by atoms with Crippen molar-refractivity contribution in [1.82, 2.24) is 0 Å². The third-order valence-corrected chi connectivity index (χ3v) is 14.6. The molecule has 18 heteroatoms. The van der Waals surface area contributed by atoms with Crippen molar-refractivity contribution in [3.05, 3.63) is 51.0 Å². The molecule has 1 saturated carbocycles. The quantitative estimate of drug-likeness (QED) is 0.197. The molecule has 7 aliphatic rings. The van der Waals surface area contributed by atoms with Crippen LogP contribution in [-0.4, -0.2) is 156 Å². The molecule has 4 heterocycles. The summed E-state index contributed by atoms with van der Waals surface area (Å²) >= 11 is 1.02.